The number of ether oxygens (including phenoxy) is 1. The first-order chi connectivity index (χ1) is 8.74. The third-order valence-electron chi connectivity index (χ3n) is 3.16. The lowest BCUT2D eigenvalue weighted by molar-refractivity contribution is 0.313. The van der Waals surface area contributed by atoms with Crippen LogP contribution in [-0.4, -0.2) is 6.61 Å². The van der Waals surface area contributed by atoms with E-state index >= 15 is 0 Å². The van der Waals surface area contributed by atoms with Crippen LogP contribution in [0.4, 0.5) is 0 Å². The van der Waals surface area contributed by atoms with Crippen molar-refractivity contribution >= 4 is 10.8 Å². The van der Waals surface area contributed by atoms with Gasteiger partial charge in [-0.3, -0.25) is 0 Å². The SMILES string of the molecule is CCCCOc1cccc2c(C(C)N)cccc12. The number of rotatable bonds is 5. The molecule has 0 saturated carbocycles. The van der Waals surface area contributed by atoms with Gasteiger partial charge in [-0.15, -0.1) is 0 Å². The van der Waals surface area contributed by atoms with Crippen LogP contribution in [0.1, 0.15) is 38.3 Å². The molecule has 96 valence electrons. The van der Waals surface area contributed by atoms with Crippen molar-refractivity contribution in [1.29, 1.82) is 0 Å². The smallest absolute Gasteiger partial charge is 0.127 e. The van der Waals surface area contributed by atoms with Crippen LogP contribution in [0.15, 0.2) is 36.4 Å². The lowest BCUT2D eigenvalue weighted by Gasteiger charge is -2.13. The second-order valence-corrected chi connectivity index (χ2v) is 4.69. The summed E-state index contributed by atoms with van der Waals surface area (Å²) >= 11 is 0. The summed E-state index contributed by atoms with van der Waals surface area (Å²) in [4.78, 5) is 0. The summed E-state index contributed by atoms with van der Waals surface area (Å²) in [6.45, 7) is 4.96. The lowest BCUT2D eigenvalue weighted by Crippen LogP contribution is -2.05. The van der Waals surface area contributed by atoms with E-state index in [4.69, 9.17) is 10.5 Å². The number of hydrogen-bond donors (Lipinski definition) is 1. The van der Waals surface area contributed by atoms with E-state index in [-0.39, 0.29) is 6.04 Å². The Morgan fingerprint density at radius 3 is 2.56 bits per heavy atom. The van der Waals surface area contributed by atoms with E-state index in [9.17, 15) is 0 Å². The van der Waals surface area contributed by atoms with Gasteiger partial charge in [0.05, 0.1) is 6.61 Å². The van der Waals surface area contributed by atoms with Crippen LogP contribution >= 0.6 is 0 Å². The molecule has 18 heavy (non-hydrogen) atoms. The van der Waals surface area contributed by atoms with Crippen molar-refractivity contribution in [2.75, 3.05) is 6.61 Å². The minimum absolute atomic E-state index is 0.0413. The molecule has 0 saturated heterocycles. The van der Waals surface area contributed by atoms with Crippen LogP contribution < -0.4 is 10.5 Å². The van der Waals surface area contributed by atoms with Gasteiger partial charge in [0.25, 0.3) is 0 Å². The summed E-state index contributed by atoms with van der Waals surface area (Å²) < 4.78 is 5.85. The number of nitrogens with two attached hydrogens (primary N) is 1. The molecule has 2 aromatic carbocycles. The van der Waals surface area contributed by atoms with Crippen molar-refractivity contribution in [1.82, 2.24) is 0 Å². The van der Waals surface area contributed by atoms with Crippen molar-refractivity contribution in [3.63, 3.8) is 0 Å². The van der Waals surface area contributed by atoms with Crippen molar-refractivity contribution < 1.29 is 4.74 Å². The molecule has 2 N–H and O–H groups in total. The fraction of sp³-hybridized carbons (Fsp3) is 0.375. The standard InChI is InChI=1S/C16H21NO/c1-3-4-11-18-16-10-6-8-14-13(12(2)17)7-5-9-15(14)16/h5-10,12H,3-4,11,17H2,1-2H3. The highest BCUT2D eigenvalue weighted by molar-refractivity contribution is 5.91. The van der Waals surface area contributed by atoms with Gasteiger partial charge in [-0.05, 0) is 30.4 Å². The molecule has 0 aromatic heterocycles. The highest BCUT2D eigenvalue weighted by Gasteiger charge is 2.08. The summed E-state index contributed by atoms with van der Waals surface area (Å²) in [6, 6.07) is 12.5. The topological polar surface area (TPSA) is 35.2 Å². The van der Waals surface area contributed by atoms with E-state index in [1.165, 1.54) is 10.9 Å². The van der Waals surface area contributed by atoms with Gasteiger partial charge in [0.1, 0.15) is 5.75 Å². The molecule has 0 fully saturated rings. The fourth-order valence-corrected chi connectivity index (χ4v) is 2.15. The first kappa shape index (κ1) is 12.9. The third kappa shape index (κ3) is 2.65. The maximum atomic E-state index is 6.01. The van der Waals surface area contributed by atoms with Crippen LogP contribution in [0.5, 0.6) is 5.75 Å². The van der Waals surface area contributed by atoms with Crippen LogP contribution in [0.3, 0.4) is 0 Å². The average Bonchev–Trinajstić information content (AvgIpc) is 2.38. The maximum absolute atomic E-state index is 6.01. The van der Waals surface area contributed by atoms with E-state index in [1.807, 2.05) is 25.1 Å². The second-order valence-electron chi connectivity index (χ2n) is 4.69. The van der Waals surface area contributed by atoms with Gasteiger partial charge in [-0.1, -0.05) is 43.7 Å². The van der Waals surface area contributed by atoms with Crippen molar-refractivity contribution in [3.8, 4) is 5.75 Å². The Morgan fingerprint density at radius 1 is 1.11 bits per heavy atom. The first-order valence-electron chi connectivity index (χ1n) is 6.64. The van der Waals surface area contributed by atoms with E-state index in [0.717, 1.165) is 30.6 Å². The minimum Gasteiger partial charge on any atom is -0.493 e. The Hall–Kier alpha value is -1.54. The molecule has 1 unspecified atom stereocenters. The molecule has 2 rings (SSSR count). The highest BCUT2D eigenvalue weighted by atomic mass is 16.5. The zero-order valence-electron chi connectivity index (χ0n) is 11.1. The number of fused-ring (bicyclic) bond motifs is 1. The number of unbranched alkanes of at least 4 members (excludes halogenated alkanes) is 1. The molecular weight excluding hydrogens is 222 g/mol. The van der Waals surface area contributed by atoms with Crippen LogP contribution in [-0.2, 0) is 0 Å². The van der Waals surface area contributed by atoms with E-state index < -0.39 is 0 Å². The highest BCUT2D eigenvalue weighted by Crippen LogP contribution is 2.30. The van der Waals surface area contributed by atoms with E-state index in [1.54, 1.807) is 0 Å². The average molecular weight is 243 g/mol. The van der Waals surface area contributed by atoms with Crippen LogP contribution in [0.2, 0.25) is 0 Å². The molecule has 0 aliphatic rings. The van der Waals surface area contributed by atoms with Crippen molar-refractivity contribution in [2.45, 2.75) is 32.7 Å². The van der Waals surface area contributed by atoms with Gasteiger partial charge in [-0.25, -0.2) is 0 Å². The summed E-state index contributed by atoms with van der Waals surface area (Å²) in [6.07, 6.45) is 2.24. The molecule has 2 heteroatoms. The molecule has 0 spiro atoms. The van der Waals surface area contributed by atoms with Gasteiger partial charge >= 0.3 is 0 Å². The summed E-state index contributed by atoms with van der Waals surface area (Å²) in [7, 11) is 0. The number of hydrogen-bond acceptors (Lipinski definition) is 2. The zero-order valence-corrected chi connectivity index (χ0v) is 11.1. The Bertz CT molecular complexity index is 519. The predicted molar refractivity (Wildman–Crippen MR) is 77.0 cm³/mol. The first-order valence-corrected chi connectivity index (χ1v) is 6.64. The Kier molecular flexibility index (Phi) is 4.21. The summed E-state index contributed by atoms with van der Waals surface area (Å²) in [5.41, 5.74) is 7.19. The van der Waals surface area contributed by atoms with Gasteiger partial charge in [0.2, 0.25) is 0 Å². The van der Waals surface area contributed by atoms with Gasteiger partial charge in [0.15, 0.2) is 0 Å². The van der Waals surface area contributed by atoms with Gasteiger partial charge in [0, 0.05) is 11.4 Å². The summed E-state index contributed by atoms with van der Waals surface area (Å²) in [5.74, 6) is 0.962. The van der Waals surface area contributed by atoms with Crippen molar-refractivity contribution in [2.24, 2.45) is 5.73 Å². The summed E-state index contributed by atoms with van der Waals surface area (Å²) in [5, 5.41) is 2.35. The van der Waals surface area contributed by atoms with Gasteiger partial charge in [-0.2, -0.15) is 0 Å². The molecule has 1 atom stereocenters. The fourth-order valence-electron chi connectivity index (χ4n) is 2.15. The molecule has 0 heterocycles. The quantitative estimate of drug-likeness (QED) is 0.804. The van der Waals surface area contributed by atoms with E-state index in [2.05, 4.69) is 25.1 Å². The largest absolute Gasteiger partial charge is 0.493 e. The predicted octanol–water partition coefficient (Wildman–Crippen LogP) is 4.04. The van der Waals surface area contributed by atoms with Crippen molar-refractivity contribution in [3.05, 3.63) is 42.0 Å². The lowest BCUT2D eigenvalue weighted by atomic mass is 10.00. The zero-order chi connectivity index (χ0) is 13.0. The van der Waals surface area contributed by atoms with Crippen LogP contribution in [0, 0.1) is 0 Å². The molecule has 0 radical (unpaired) electrons. The third-order valence-corrected chi connectivity index (χ3v) is 3.16. The normalized spacial score (nSPS) is 12.6. The molecule has 0 aliphatic heterocycles. The monoisotopic (exact) mass is 243 g/mol. The Morgan fingerprint density at radius 2 is 1.83 bits per heavy atom. The minimum atomic E-state index is 0.0413. The Labute approximate surface area is 109 Å². The van der Waals surface area contributed by atoms with Crippen LogP contribution in [0.25, 0.3) is 10.8 Å². The van der Waals surface area contributed by atoms with Gasteiger partial charge < -0.3 is 10.5 Å². The molecule has 2 nitrogen and oxygen atoms in total. The molecule has 0 amide bonds. The number of benzene rings is 2. The Balaban J connectivity index is 2.40. The molecule has 0 aliphatic carbocycles. The molecule has 2 aromatic rings. The molecular formula is C16H21NO. The maximum Gasteiger partial charge on any atom is 0.127 e. The second kappa shape index (κ2) is 5.87. The molecule has 0 bridgehead atoms. The van der Waals surface area contributed by atoms with E-state index in [0.29, 0.717) is 0 Å².